The Bertz CT molecular complexity index is 1430. The first-order valence-electron chi connectivity index (χ1n) is 13.6. The molecule has 0 spiro atoms. The zero-order valence-electron chi connectivity index (χ0n) is 24.4. The van der Waals surface area contributed by atoms with Gasteiger partial charge in [-0.1, -0.05) is 47.1 Å². The quantitative estimate of drug-likeness (QED) is 0.258. The van der Waals surface area contributed by atoms with E-state index in [1.807, 2.05) is 49.4 Å². The summed E-state index contributed by atoms with van der Waals surface area (Å²) in [5.74, 6) is -3.09. The highest BCUT2D eigenvalue weighted by atomic mass is 16.8. The van der Waals surface area contributed by atoms with Gasteiger partial charge in [0.15, 0.2) is 17.9 Å². The Morgan fingerprint density at radius 2 is 1.60 bits per heavy atom. The Balaban J connectivity index is 1.71. The Kier molecular flexibility index (Phi) is 9.76. The molecule has 0 saturated carbocycles. The van der Waals surface area contributed by atoms with Crippen LogP contribution >= 0.6 is 0 Å². The largest absolute Gasteiger partial charge is 0.463 e. The molecule has 2 aliphatic heterocycles. The second-order valence-electron chi connectivity index (χ2n) is 10.2. The highest BCUT2D eigenvalue weighted by Crippen LogP contribution is 2.33. The predicted molar refractivity (Wildman–Crippen MR) is 150 cm³/mol. The van der Waals surface area contributed by atoms with Crippen LogP contribution in [0.25, 0.3) is 0 Å². The van der Waals surface area contributed by atoms with Crippen LogP contribution in [-0.4, -0.2) is 72.7 Å². The minimum Gasteiger partial charge on any atom is -0.463 e. The van der Waals surface area contributed by atoms with Crippen LogP contribution in [-0.2, 0) is 54.3 Å². The number of hydrogen-bond acceptors (Lipinski definition) is 11. The molecule has 0 aromatic heterocycles. The predicted octanol–water partition coefficient (Wildman–Crippen LogP) is 1.92. The third-order valence-electron chi connectivity index (χ3n) is 6.65. The number of carbonyl (C=O) groups is 5. The fraction of sp³-hybridized carbons (Fsp3) is 0.400. The molecule has 1 fully saturated rings. The van der Waals surface area contributed by atoms with Crippen molar-refractivity contribution < 1.29 is 47.8 Å². The molecular formula is C30H33N3O10. The van der Waals surface area contributed by atoms with Crippen molar-refractivity contribution in [3.8, 4) is 0 Å². The molecule has 2 aliphatic rings. The molecule has 43 heavy (non-hydrogen) atoms. The monoisotopic (exact) mass is 595 g/mol. The minimum atomic E-state index is -1.46. The van der Waals surface area contributed by atoms with E-state index in [2.05, 4.69) is 10.5 Å². The first-order valence-corrected chi connectivity index (χ1v) is 13.6. The summed E-state index contributed by atoms with van der Waals surface area (Å²) < 4.78 is 22.0. The summed E-state index contributed by atoms with van der Waals surface area (Å²) in [5, 5.41) is 6.78. The number of rotatable bonds is 9. The Labute approximate surface area is 248 Å². The van der Waals surface area contributed by atoms with Crippen molar-refractivity contribution in [3.05, 3.63) is 65.2 Å². The van der Waals surface area contributed by atoms with Gasteiger partial charge in [-0.25, -0.2) is 0 Å². The number of benzene rings is 2. The third kappa shape index (κ3) is 7.55. The molecule has 2 aromatic rings. The molecule has 5 atom stereocenters. The molecule has 0 radical (unpaired) electrons. The zero-order chi connectivity index (χ0) is 31.3. The van der Waals surface area contributed by atoms with Gasteiger partial charge < -0.3 is 34.0 Å². The lowest BCUT2D eigenvalue weighted by Gasteiger charge is -2.43. The van der Waals surface area contributed by atoms with Crippen LogP contribution in [0.5, 0.6) is 0 Å². The topological polar surface area (TPSA) is 159 Å². The Hall–Kier alpha value is -4.78. The molecule has 4 rings (SSSR count). The molecule has 2 aromatic carbocycles. The molecule has 228 valence electrons. The van der Waals surface area contributed by atoms with Crippen LogP contribution in [0.3, 0.4) is 0 Å². The number of nitrogens with zero attached hydrogens (tertiary/aromatic N) is 2. The van der Waals surface area contributed by atoms with Gasteiger partial charge in [-0.2, -0.15) is 0 Å². The van der Waals surface area contributed by atoms with Crippen molar-refractivity contribution in [2.24, 2.45) is 5.16 Å². The van der Waals surface area contributed by atoms with Crippen molar-refractivity contribution >= 4 is 41.1 Å². The van der Waals surface area contributed by atoms with Gasteiger partial charge in [0.05, 0.1) is 12.2 Å². The number of hydrogen-bond donors (Lipinski definition) is 1. The lowest BCUT2D eigenvalue weighted by atomic mass is 9.96. The fourth-order valence-corrected chi connectivity index (χ4v) is 4.92. The van der Waals surface area contributed by atoms with Crippen LogP contribution in [0.15, 0.2) is 53.7 Å². The van der Waals surface area contributed by atoms with E-state index >= 15 is 0 Å². The van der Waals surface area contributed by atoms with Crippen molar-refractivity contribution in [1.82, 2.24) is 5.32 Å². The van der Waals surface area contributed by atoms with Gasteiger partial charge in [0.25, 0.3) is 12.2 Å². The van der Waals surface area contributed by atoms with Gasteiger partial charge in [0, 0.05) is 33.3 Å². The van der Waals surface area contributed by atoms with E-state index in [0.29, 0.717) is 11.3 Å². The third-order valence-corrected chi connectivity index (χ3v) is 6.65. The second kappa shape index (κ2) is 13.5. The van der Waals surface area contributed by atoms with Gasteiger partial charge >= 0.3 is 17.9 Å². The SMILES string of the molecule is CC(=O)N[C@H]1[C@H](O/N=C2\C(=O)N(Cc3ccccc3)c3ccc(C)cc32)O[C@@H](COC(C)=O)[C@@H](OC(C)=O)[C@H]1OC(C)=O. The average molecular weight is 596 g/mol. The summed E-state index contributed by atoms with van der Waals surface area (Å²) in [5.41, 5.74) is 2.93. The summed E-state index contributed by atoms with van der Waals surface area (Å²) in [6.45, 7) is 6.44. The van der Waals surface area contributed by atoms with E-state index in [9.17, 15) is 24.0 Å². The molecule has 2 heterocycles. The Morgan fingerprint density at radius 3 is 2.23 bits per heavy atom. The second-order valence-corrected chi connectivity index (χ2v) is 10.2. The summed E-state index contributed by atoms with van der Waals surface area (Å²) in [6, 6.07) is 13.7. The molecule has 1 saturated heterocycles. The smallest absolute Gasteiger partial charge is 0.303 e. The maximum atomic E-state index is 13.7. The number of ether oxygens (including phenoxy) is 4. The van der Waals surface area contributed by atoms with E-state index in [1.54, 1.807) is 11.0 Å². The van der Waals surface area contributed by atoms with Crippen LogP contribution < -0.4 is 10.2 Å². The number of anilines is 1. The van der Waals surface area contributed by atoms with Gasteiger partial charge in [0.2, 0.25) is 5.91 Å². The molecule has 2 amide bonds. The molecule has 1 N–H and O–H groups in total. The average Bonchev–Trinajstić information content (AvgIpc) is 3.18. The summed E-state index contributed by atoms with van der Waals surface area (Å²) in [4.78, 5) is 68.9. The van der Waals surface area contributed by atoms with E-state index in [4.69, 9.17) is 23.8 Å². The van der Waals surface area contributed by atoms with Gasteiger partial charge in [-0.15, -0.1) is 0 Å². The highest BCUT2D eigenvalue weighted by Gasteiger charge is 2.52. The summed E-state index contributed by atoms with van der Waals surface area (Å²) in [6.07, 6.45) is -5.26. The minimum absolute atomic E-state index is 0.0116. The lowest BCUT2D eigenvalue weighted by Crippen LogP contribution is -2.66. The van der Waals surface area contributed by atoms with E-state index in [-0.39, 0.29) is 12.3 Å². The van der Waals surface area contributed by atoms with Gasteiger partial charge in [-0.05, 0) is 24.6 Å². The van der Waals surface area contributed by atoms with Gasteiger partial charge in [0.1, 0.15) is 18.8 Å². The molecule has 0 unspecified atom stereocenters. The first kappa shape index (κ1) is 31.2. The molecule has 0 aliphatic carbocycles. The van der Waals surface area contributed by atoms with Crippen molar-refractivity contribution in [1.29, 1.82) is 0 Å². The van der Waals surface area contributed by atoms with Gasteiger partial charge in [-0.3, -0.25) is 24.0 Å². The molecule has 0 bridgehead atoms. The van der Waals surface area contributed by atoms with Crippen molar-refractivity contribution in [2.45, 2.75) is 71.8 Å². The van der Waals surface area contributed by atoms with E-state index in [0.717, 1.165) is 25.0 Å². The van der Waals surface area contributed by atoms with Crippen LogP contribution in [0.1, 0.15) is 44.4 Å². The highest BCUT2D eigenvalue weighted by molar-refractivity contribution is 6.54. The molecule has 13 nitrogen and oxygen atoms in total. The number of aryl methyl sites for hydroxylation is 1. The number of oxime groups is 1. The number of fused-ring (bicyclic) bond motifs is 1. The van der Waals surface area contributed by atoms with Crippen LogP contribution in [0.2, 0.25) is 0 Å². The zero-order valence-corrected chi connectivity index (χ0v) is 24.4. The maximum Gasteiger partial charge on any atom is 0.303 e. The molecular weight excluding hydrogens is 562 g/mol. The van der Waals surface area contributed by atoms with Crippen molar-refractivity contribution in [2.75, 3.05) is 11.5 Å². The Morgan fingerprint density at radius 1 is 0.930 bits per heavy atom. The van der Waals surface area contributed by atoms with Crippen LogP contribution in [0.4, 0.5) is 5.69 Å². The lowest BCUT2D eigenvalue weighted by molar-refractivity contribution is -0.278. The first-order chi connectivity index (χ1) is 20.4. The normalized spacial score (nSPS) is 23.7. The number of esters is 3. The number of amides is 2. The molecule has 13 heteroatoms. The number of carbonyl (C=O) groups excluding carboxylic acids is 5. The fourth-order valence-electron chi connectivity index (χ4n) is 4.92. The van der Waals surface area contributed by atoms with Crippen molar-refractivity contribution in [3.63, 3.8) is 0 Å². The van der Waals surface area contributed by atoms with Crippen LogP contribution in [0, 0.1) is 6.92 Å². The standard InChI is InChI=1S/C30H33N3O10/c1-16-11-12-23-22(13-16)25(29(38)33(23)14-21-9-7-6-8-10-21)32-43-30-26(31-17(2)34)28(41-20(5)37)27(40-19(4)36)24(42-30)15-39-18(3)35/h6-13,24,26-28,30H,14-15H2,1-5H3,(H,31,34)/b32-25-/t24-,26+,27+,28-,30-/m0/s1. The van der Waals surface area contributed by atoms with E-state index in [1.165, 1.54) is 13.8 Å². The number of nitrogens with one attached hydrogen (secondary N) is 1. The maximum absolute atomic E-state index is 13.7. The summed E-state index contributed by atoms with van der Waals surface area (Å²) >= 11 is 0. The summed E-state index contributed by atoms with van der Waals surface area (Å²) in [7, 11) is 0. The van der Waals surface area contributed by atoms with E-state index < -0.39 is 67.0 Å².